The molecule has 2 amide bonds. The number of benzene rings is 1. The smallest absolute Gasteiger partial charge is 0.307 e. The van der Waals surface area contributed by atoms with Crippen LogP contribution in [-0.4, -0.2) is 49.4 Å². The molecule has 6 nitrogen and oxygen atoms in total. The average molecular weight is 332 g/mol. The Morgan fingerprint density at radius 2 is 1.96 bits per heavy atom. The SMILES string of the molecule is CCN(CCC(=O)OC)C(=O)Cc1ccc(N2CCCC2=O)cc1. The number of likely N-dealkylation sites (N-methyl/N-ethyl adjacent to an activating group) is 1. The summed E-state index contributed by atoms with van der Waals surface area (Å²) in [5, 5.41) is 0. The number of rotatable bonds is 7. The highest BCUT2D eigenvalue weighted by atomic mass is 16.5. The number of ether oxygens (including phenoxy) is 1. The molecule has 6 heteroatoms. The third kappa shape index (κ3) is 4.57. The van der Waals surface area contributed by atoms with E-state index in [1.165, 1.54) is 7.11 Å². The van der Waals surface area contributed by atoms with E-state index in [1.807, 2.05) is 31.2 Å². The maximum absolute atomic E-state index is 12.3. The van der Waals surface area contributed by atoms with E-state index in [2.05, 4.69) is 4.74 Å². The maximum atomic E-state index is 12.3. The predicted octanol–water partition coefficient (Wildman–Crippen LogP) is 1.77. The van der Waals surface area contributed by atoms with Crippen LogP contribution in [0.4, 0.5) is 5.69 Å². The Balaban J connectivity index is 1.93. The molecule has 0 atom stereocenters. The van der Waals surface area contributed by atoms with Crippen molar-refractivity contribution in [2.24, 2.45) is 0 Å². The van der Waals surface area contributed by atoms with Gasteiger partial charge in [0.05, 0.1) is 20.0 Å². The van der Waals surface area contributed by atoms with Crippen molar-refractivity contribution in [2.75, 3.05) is 31.6 Å². The number of nitrogens with zero attached hydrogens (tertiary/aromatic N) is 2. The van der Waals surface area contributed by atoms with Crippen LogP contribution in [0.15, 0.2) is 24.3 Å². The fourth-order valence-corrected chi connectivity index (χ4v) is 2.79. The molecular weight excluding hydrogens is 308 g/mol. The summed E-state index contributed by atoms with van der Waals surface area (Å²) in [5.41, 5.74) is 1.78. The van der Waals surface area contributed by atoms with E-state index in [4.69, 9.17) is 0 Å². The number of esters is 1. The maximum Gasteiger partial charge on any atom is 0.307 e. The topological polar surface area (TPSA) is 66.9 Å². The van der Waals surface area contributed by atoms with Gasteiger partial charge in [-0.25, -0.2) is 0 Å². The fourth-order valence-electron chi connectivity index (χ4n) is 2.79. The summed E-state index contributed by atoms with van der Waals surface area (Å²) in [6.07, 6.45) is 1.98. The summed E-state index contributed by atoms with van der Waals surface area (Å²) in [6, 6.07) is 7.53. The van der Waals surface area contributed by atoms with Crippen LogP contribution in [0, 0.1) is 0 Å². The number of amides is 2. The van der Waals surface area contributed by atoms with Crippen LogP contribution in [0.3, 0.4) is 0 Å². The highest BCUT2D eigenvalue weighted by Crippen LogP contribution is 2.21. The zero-order chi connectivity index (χ0) is 17.5. The van der Waals surface area contributed by atoms with E-state index < -0.39 is 0 Å². The highest BCUT2D eigenvalue weighted by Gasteiger charge is 2.21. The van der Waals surface area contributed by atoms with Crippen molar-refractivity contribution in [1.29, 1.82) is 0 Å². The Kier molecular flexibility index (Phi) is 6.35. The number of carbonyl (C=O) groups is 3. The largest absolute Gasteiger partial charge is 0.469 e. The Morgan fingerprint density at radius 1 is 1.25 bits per heavy atom. The van der Waals surface area contributed by atoms with Crippen molar-refractivity contribution in [3.8, 4) is 0 Å². The van der Waals surface area contributed by atoms with E-state index >= 15 is 0 Å². The Hall–Kier alpha value is -2.37. The lowest BCUT2D eigenvalue weighted by Crippen LogP contribution is -2.34. The summed E-state index contributed by atoms with van der Waals surface area (Å²) in [4.78, 5) is 38.7. The number of anilines is 1. The standard InChI is InChI=1S/C18H24N2O4/c1-3-19(12-10-18(23)24-2)17(22)13-14-6-8-15(9-7-14)20-11-4-5-16(20)21/h6-9H,3-5,10-13H2,1-2H3. The zero-order valence-corrected chi connectivity index (χ0v) is 14.3. The summed E-state index contributed by atoms with van der Waals surface area (Å²) in [7, 11) is 1.34. The minimum atomic E-state index is -0.319. The lowest BCUT2D eigenvalue weighted by atomic mass is 10.1. The third-order valence-electron chi connectivity index (χ3n) is 4.22. The molecule has 1 aromatic carbocycles. The second kappa shape index (κ2) is 8.47. The molecule has 0 unspecified atom stereocenters. The minimum Gasteiger partial charge on any atom is -0.469 e. The molecule has 0 spiro atoms. The van der Waals surface area contributed by atoms with Gasteiger partial charge in [0.15, 0.2) is 0 Å². The number of carbonyl (C=O) groups excluding carboxylic acids is 3. The van der Waals surface area contributed by atoms with Gasteiger partial charge in [-0.05, 0) is 31.0 Å². The van der Waals surface area contributed by atoms with Crippen LogP contribution in [0.5, 0.6) is 0 Å². The molecule has 1 heterocycles. The lowest BCUT2D eigenvalue weighted by Gasteiger charge is -2.21. The van der Waals surface area contributed by atoms with Gasteiger partial charge < -0.3 is 14.5 Å². The number of methoxy groups -OCH3 is 1. The summed E-state index contributed by atoms with van der Waals surface area (Å²) in [6.45, 7) is 3.56. The Bertz CT molecular complexity index is 598. The summed E-state index contributed by atoms with van der Waals surface area (Å²) >= 11 is 0. The van der Waals surface area contributed by atoms with E-state index in [0.29, 0.717) is 19.5 Å². The molecule has 1 aliphatic heterocycles. The van der Waals surface area contributed by atoms with Crippen molar-refractivity contribution in [3.05, 3.63) is 29.8 Å². The monoisotopic (exact) mass is 332 g/mol. The van der Waals surface area contributed by atoms with Gasteiger partial charge in [-0.15, -0.1) is 0 Å². The van der Waals surface area contributed by atoms with Gasteiger partial charge >= 0.3 is 5.97 Å². The van der Waals surface area contributed by atoms with Crippen LogP contribution >= 0.6 is 0 Å². The van der Waals surface area contributed by atoms with E-state index in [9.17, 15) is 14.4 Å². The second-order valence-corrected chi connectivity index (χ2v) is 5.79. The molecule has 1 aliphatic rings. The molecule has 0 N–H and O–H groups in total. The molecule has 2 rings (SSSR count). The minimum absolute atomic E-state index is 0.0219. The van der Waals surface area contributed by atoms with Gasteiger partial charge in [0.1, 0.15) is 0 Å². The molecule has 0 aliphatic carbocycles. The Morgan fingerprint density at radius 3 is 2.50 bits per heavy atom. The molecule has 1 aromatic rings. The van der Waals surface area contributed by atoms with Gasteiger partial charge in [0.25, 0.3) is 0 Å². The van der Waals surface area contributed by atoms with Gasteiger partial charge in [0.2, 0.25) is 11.8 Å². The van der Waals surface area contributed by atoms with Crippen LogP contribution in [-0.2, 0) is 25.5 Å². The number of hydrogen-bond acceptors (Lipinski definition) is 4. The van der Waals surface area contributed by atoms with Crippen LogP contribution in [0.1, 0.15) is 31.7 Å². The normalized spacial score (nSPS) is 13.9. The molecule has 0 aromatic heterocycles. The second-order valence-electron chi connectivity index (χ2n) is 5.79. The Labute approximate surface area is 142 Å². The van der Waals surface area contributed by atoms with Crippen LogP contribution in [0.2, 0.25) is 0 Å². The van der Waals surface area contributed by atoms with Crippen molar-refractivity contribution in [1.82, 2.24) is 4.90 Å². The van der Waals surface area contributed by atoms with Gasteiger partial charge in [0, 0.05) is 31.7 Å². The van der Waals surface area contributed by atoms with Gasteiger partial charge in [-0.3, -0.25) is 14.4 Å². The van der Waals surface area contributed by atoms with Crippen LogP contribution < -0.4 is 4.90 Å². The summed E-state index contributed by atoms with van der Waals surface area (Å²) in [5.74, 6) is -0.189. The van der Waals surface area contributed by atoms with Gasteiger partial charge in [-0.2, -0.15) is 0 Å². The predicted molar refractivity (Wildman–Crippen MR) is 90.6 cm³/mol. The molecule has 130 valence electrons. The molecule has 1 saturated heterocycles. The third-order valence-corrected chi connectivity index (χ3v) is 4.22. The molecule has 0 radical (unpaired) electrons. The first-order chi connectivity index (χ1) is 11.5. The van der Waals surface area contributed by atoms with Crippen molar-refractivity contribution >= 4 is 23.5 Å². The lowest BCUT2D eigenvalue weighted by molar-refractivity contribution is -0.141. The van der Waals surface area contributed by atoms with Crippen LogP contribution in [0.25, 0.3) is 0 Å². The van der Waals surface area contributed by atoms with Crippen molar-refractivity contribution in [2.45, 2.75) is 32.6 Å². The quantitative estimate of drug-likeness (QED) is 0.714. The molecule has 0 saturated carbocycles. The van der Waals surface area contributed by atoms with Crippen molar-refractivity contribution < 1.29 is 19.1 Å². The molecule has 24 heavy (non-hydrogen) atoms. The van der Waals surface area contributed by atoms with Gasteiger partial charge in [-0.1, -0.05) is 12.1 Å². The first-order valence-electron chi connectivity index (χ1n) is 8.29. The van der Waals surface area contributed by atoms with E-state index in [1.54, 1.807) is 9.80 Å². The average Bonchev–Trinajstić information content (AvgIpc) is 3.02. The number of hydrogen-bond donors (Lipinski definition) is 0. The molecule has 0 bridgehead atoms. The molecular formula is C18H24N2O4. The van der Waals surface area contributed by atoms with E-state index in [-0.39, 0.29) is 30.6 Å². The molecule has 1 fully saturated rings. The summed E-state index contributed by atoms with van der Waals surface area (Å²) < 4.78 is 4.60. The fraction of sp³-hybridized carbons (Fsp3) is 0.500. The highest BCUT2D eigenvalue weighted by molar-refractivity contribution is 5.95. The van der Waals surface area contributed by atoms with E-state index in [0.717, 1.165) is 24.2 Å². The first kappa shape index (κ1) is 18.0. The zero-order valence-electron chi connectivity index (χ0n) is 14.3. The van der Waals surface area contributed by atoms with Crippen molar-refractivity contribution in [3.63, 3.8) is 0 Å². The first-order valence-corrected chi connectivity index (χ1v) is 8.29.